The van der Waals surface area contributed by atoms with Crippen molar-refractivity contribution in [3.63, 3.8) is 0 Å². The molecule has 2 saturated heterocycles. The average molecular weight is 690 g/mol. The number of carbonyl (C=O) groups excluding carboxylic acids is 4. The third-order valence-corrected chi connectivity index (χ3v) is 10.6. The van der Waals surface area contributed by atoms with E-state index in [0.717, 1.165) is 11.1 Å². The number of hydrogen-bond donors (Lipinski definition) is 2. The van der Waals surface area contributed by atoms with E-state index in [1.807, 2.05) is 105 Å². The summed E-state index contributed by atoms with van der Waals surface area (Å²) >= 11 is 0. The monoisotopic (exact) mass is 689 g/mol. The van der Waals surface area contributed by atoms with Crippen molar-refractivity contribution in [1.82, 2.24) is 10.2 Å². The van der Waals surface area contributed by atoms with Crippen LogP contribution in [0.2, 0.25) is 0 Å². The number of hydrogen-bond acceptors (Lipinski definition) is 7. The number of allylic oxidation sites excluding steroid dienone is 1. The van der Waals surface area contributed by atoms with Crippen LogP contribution in [-0.4, -0.2) is 70.6 Å². The molecule has 3 aromatic carbocycles. The fourth-order valence-electron chi connectivity index (χ4n) is 8.21. The maximum Gasteiger partial charge on any atom is 0.313 e. The summed E-state index contributed by atoms with van der Waals surface area (Å²) in [5.41, 5.74) is 2.30. The minimum absolute atomic E-state index is 0.157. The molecule has 1 spiro atoms. The predicted molar refractivity (Wildman–Crippen MR) is 190 cm³/mol. The summed E-state index contributed by atoms with van der Waals surface area (Å²) in [4.78, 5) is 60.9. The third-order valence-electron chi connectivity index (χ3n) is 10.6. The molecule has 51 heavy (non-hydrogen) atoms. The minimum atomic E-state index is -1.50. The third kappa shape index (κ3) is 6.06. The molecule has 4 heterocycles. The van der Waals surface area contributed by atoms with Crippen LogP contribution >= 0.6 is 0 Å². The lowest BCUT2D eigenvalue weighted by molar-refractivity contribution is -0.161. The van der Waals surface area contributed by atoms with Gasteiger partial charge in [-0.1, -0.05) is 97.1 Å². The van der Waals surface area contributed by atoms with E-state index in [9.17, 15) is 19.5 Å². The molecular weight excluding hydrogens is 646 g/mol. The first-order valence-electron chi connectivity index (χ1n) is 17.6. The largest absolute Gasteiger partial charge is 0.455 e. The van der Waals surface area contributed by atoms with Gasteiger partial charge >= 0.3 is 5.97 Å². The SMILES string of the molecule is Cc1ccc(C)c(N2C/C=C\CCC(=O)N[C@H](C)[C@@H](c3ccccc3)OC(=O)[C@@H]3[C@@H]4C=C[C@]5(O4)[C@H](C2=O)N([C@H](CO)c2ccccc2)C(=O)[C@@H]35)c1. The number of carbonyl (C=O) groups is 4. The summed E-state index contributed by atoms with van der Waals surface area (Å²) in [7, 11) is 0. The van der Waals surface area contributed by atoms with E-state index >= 15 is 4.79 Å². The van der Waals surface area contributed by atoms with Gasteiger partial charge in [0, 0.05) is 18.7 Å². The molecular formula is C41H43N3O7. The zero-order chi connectivity index (χ0) is 35.9. The van der Waals surface area contributed by atoms with E-state index < -0.39 is 72.2 Å². The molecule has 0 aliphatic carbocycles. The van der Waals surface area contributed by atoms with Gasteiger partial charge in [-0.05, 0) is 55.5 Å². The Morgan fingerprint density at radius 2 is 1.67 bits per heavy atom. The van der Waals surface area contributed by atoms with Gasteiger partial charge in [0.25, 0.3) is 5.91 Å². The number of benzene rings is 3. The van der Waals surface area contributed by atoms with Crippen molar-refractivity contribution >= 4 is 29.4 Å². The molecule has 4 aliphatic heterocycles. The number of ether oxygens (including phenoxy) is 2. The zero-order valence-electron chi connectivity index (χ0n) is 29.0. The minimum Gasteiger partial charge on any atom is -0.455 e. The van der Waals surface area contributed by atoms with E-state index in [4.69, 9.17) is 9.47 Å². The lowest BCUT2D eigenvalue weighted by Gasteiger charge is -2.39. The number of aliphatic hydroxyl groups excluding tert-OH is 1. The van der Waals surface area contributed by atoms with E-state index in [1.165, 1.54) is 4.90 Å². The van der Waals surface area contributed by atoms with E-state index in [1.54, 1.807) is 24.0 Å². The van der Waals surface area contributed by atoms with Crippen LogP contribution in [0.25, 0.3) is 0 Å². The summed E-state index contributed by atoms with van der Waals surface area (Å²) in [5, 5.41) is 13.9. The molecule has 0 aromatic heterocycles. The number of aryl methyl sites for hydroxylation is 2. The molecule has 10 heteroatoms. The topological polar surface area (TPSA) is 125 Å². The van der Waals surface area contributed by atoms with Gasteiger partial charge in [0.2, 0.25) is 11.8 Å². The van der Waals surface area contributed by atoms with Gasteiger partial charge in [-0.25, -0.2) is 0 Å². The van der Waals surface area contributed by atoms with Gasteiger partial charge in [-0.15, -0.1) is 0 Å². The van der Waals surface area contributed by atoms with Crippen LogP contribution in [-0.2, 0) is 28.7 Å². The van der Waals surface area contributed by atoms with Crippen molar-refractivity contribution in [2.75, 3.05) is 18.1 Å². The molecule has 4 aliphatic rings. The average Bonchev–Trinajstić information content (AvgIpc) is 3.78. The van der Waals surface area contributed by atoms with Crippen molar-refractivity contribution in [2.24, 2.45) is 11.8 Å². The number of nitrogens with zero attached hydrogens (tertiary/aromatic N) is 2. The number of esters is 1. The Morgan fingerprint density at radius 1 is 0.941 bits per heavy atom. The molecule has 8 atom stereocenters. The molecule has 0 unspecified atom stereocenters. The highest BCUT2D eigenvalue weighted by Crippen LogP contribution is 2.57. The van der Waals surface area contributed by atoms with Crippen molar-refractivity contribution in [1.29, 1.82) is 0 Å². The van der Waals surface area contributed by atoms with Crippen molar-refractivity contribution in [2.45, 2.75) is 69.5 Å². The lowest BCUT2D eigenvalue weighted by Crippen LogP contribution is -2.57. The second kappa shape index (κ2) is 13.9. The Morgan fingerprint density at radius 3 is 2.39 bits per heavy atom. The van der Waals surface area contributed by atoms with Crippen LogP contribution in [0, 0.1) is 25.7 Å². The molecule has 3 aromatic rings. The summed E-state index contributed by atoms with van der Waals surface area (Å²) in [6, 6.07) is 21.4. The van der Waals surface area contributed by atoms with Crippen molar-refractivity contribution in [3.05, 3.63) is 125 Å². The van der Waals surface area contributed by atoms with Gasteiger partial charge in [0.15, 0.2) is 0 Å². The lowest BCUT2D eigenvalue weighted by atomic mass is 9.74. The normalized spacial score (nSPS) is 30.6. The van der Waals surface area contributed by atoms with Gasteiger partial charge in [0.1, 0.15) is 23.7 Å². The Labute approximate surface area is 297 Å². The molecule has 5 bridgehead atoms. The standard InChI is InChI=1S/C41H43N3O7/c1-25-18-19-26(2)30(23-25)43-22-12-6-11-17-33(46)42-27(3)36(29-15-9-5-10-16-29)50-40(49)34-32-20-21-41(51-32)35(34)38(47)44(37(41)39(43)48)31(24-45)28-13-7-4-8-14-28/h4-10,12-16,18-21,23,27,31-32,34-37,45H,11,17,22,24H2,1-3H3,(H,42,46)/b12-6-/t27-,31-,32+,34-,35-,36+,37+,41-/m1/s1. The van der Waals surface area contributed by atoms with Crippen LogP contribution in [0.15, 0.2) is 103 Å². The van der Waals surface area contributed by atoms with Gasteiger partial charge in [-0.3, -0.25) is 19.2 Å². The number of cyclic esters (lactones) is 1. The van der Waals surface area contributed by atoms with Gasteiger partial charge in [-0.2, -0.15) is 0 Å². The first-order valence-corrected chi connectivity index (χ1v) is 17.6. The molecule has 10 nitrogen and oxygen atoms in total. The summed E-state index contributed by atoms with van der Waals surface area (Å²) < 4.78 is 12.9. The van der Waals surface area contributed by atoms with Crippen LogP contribution < -0.4 is 10.2 Å². The van der Waals surface area contributed by atoms with Crippen LogP contribution in [0.4, 0.5) is 5.69 Å². The number of anilines is 1. The van der Waals surface area contributed by atoms with Gasteiger partial charge in [0.05, 0.1) is 30.7 Å². The molecule has 0 radical (unpaired) electrons. The summed E-state index contributed by atoms with van der Waals surface area (Å²) in [6.07, 6.45) is 6.17. The summed E-state index contributed by atoms with van der Waals surface area (Å²) in [5.74, 6) is -3.92. The second-order valence-electron chi connectivity index (χ2n) is 13.9. The van der Waals surface area contributed by atoms with Crippen molar-refractivity contribution in [3.8, 4) is 0 Å². The highest BCUT2D eigenvalue weighted by Gasteiger charge is 2.74. The fourth-order valence-corrected chi connectivity index (χ4v) is 8.21. The zero-order valence-corrected chi connectivity index (χ0v) is 29.0. The Balaban J connectivity index is 1.38. The maximum atomic E-state index is 15.3. The summed E-state index contributed by atoms with van der Waals surface area (Å²) in [6.45, 7) is 5.36. The molecule has 3 amide bonds. The number of aliphatic hydroxyl groups is 1. The Hall–Kier alpha value is -5.06. The first kappa shape index (κ1) is 34.4. The van der Waals surface area contributed by atoms with E-state index in [0.29, 0.717) is 23.2 Å². The first-order chi connectivity index (χ1) is 24.6. The quantitative estimate of drug-likeness (QED) is 0.295. The number of amides is 3. The molecule has 0 saturated carbocycles. The number of fused-ring (bicyclic) bond motifs is 2. The Bertz CT molecular complexity index is 1880. The van der Waals surface area contributed by atoms with E-state index in [-0.39, 0.29) is 18.9 Å². The molecule has 2 fully saturated rings. The number of rotatable bonds is 5. The second-order valence-corrected chi connectivity index (χ2v) is 13.9. The number of nitrogens with one attached hydrogen (secondary N) is 1. The predicted octanol–water partition coefficient (Wildman–Crippen LogP) is 4.66. The highest BCUT2D eigenvalue weighted by molar-refractivity contribution is 6.06. The number of likely N-dealkylation sites (tertiary alicyclic amines) is 1. The fraction of sp³-hybridized carbons (Fsp3) is 0.366. The van der Waals surface area contributed by atoms with Crippen LogP contribution in [0.1, 0.15) is 54.2 Å². The molecule has 7 rings (SSSR count). The maximum absolute atomic E-state index is 15.3. The van der Waals surface area contributed by atoms with Crippen LogP contribution in [0.5, 0.6) is 0 Å². The Kier molecular flexibility index (Phi) is 9.39. The smallest absolute Gasteiger partial charge is 0.313 e. The molecule has 264 valence electrons. The van der Waals surface area contributed by atoms with Gasteiger partial charge < -0.3 is 29.7 Å². The van der Waals surface area contributed by atoms with Crippen LogP contribution in [0.3, 0.4) is 0 Å². The van der Waals surface area contributed by atoms with Crippen molar-refractivity contribution < 1.29 is 33.8 Å². The van der Waals surface area contributed by atoms with E-state index in [2.05, 4.69) is 5.32 Å². The highest BCUT2D eigenvalue weighted by atomic mass is 16.6. The molecule has 2 N–H and O–H groups in total.